The average Bonchev–Trinajstić information content (AvgIpc) is 2.38. The van der Waals surface area contributed by atoms with Gasteiger partial charge in [0, 0.05) is 21.4 Å². The van der Waals surface area contributed by atoms with Crippen molar-refractivity contribution in [2.45, 2.75) is 6.10 Å². The van der Waals surface area contributed by atoms with E-state index in [9.17, 15) is 13.9 Å². The molecule has 19 heavy (non-hydrogen) atoms. The van der Waals surface area contributed by atoms with Crippen molar-refractivity contribution in [3.05, 3.63) is 63.2 Å². The Bertz CT molecular complexity index is 577. The monoisotopic (exact) mass is 375 g/mol. The van der Waals surface area contributed by atoms with Crippen molar-refractivity contribution in [2.24, 2.45) is 0 Å². The quantitative estimate of drug-likeness (QED) is 0.799. The van der Waals surface area contributed by atoms with Gasteiger partial charge in [-0.1, -0.05) is 18.2 Å². The van der Waals surface area contributed by atoms with Crippen LogP contribution in [0, 0.1) is 15.2 Å². The molecule has 100 valence electrons. The molecule has 0 aliphatic carbocycles. The van der Waals surface area contributed by atoms with Crippen LogP contribution in [0.25, 0.3) is 0 Å². The van der Waals surface area contributed by atoms with Crippen LogP contribution >= 0.6 is 22.6 Å². The van der Waals surface area contributed by atoms with E-state index < -0.39 is 11.9 Å². The van der Waals surface area contributed by atoms with Crippen LogP contribution in [0.1, 0.15) is 11.7 Å². The Kier molecular flexibility index (Phi) is 4.71. The van der Waals surface area contributed by atoms with Crippen LogP contribution in [-0.2, 0) is 0 Å². The lowest BCUT2D eigenvalue weighted by Gasteiger charge is -2.14. The maximum absolute atomic E-state index is 13.5. The predicted octanol–water partition coefficient (Wildman–Crippen LogP) is 3.71. The highest BCUT2D eigenvalue weighted by molar-refractivity contribution is 14.1. The Morgan fingerprint density at radius 1 is 1.16 bits per heavy atom. The summed E-state index contributed by atoms with van der Waals surface area (Å²) in [5.41, 5.74) is 0.949. The fourth-order valence-corrected chi connectivity index (χ4v) is 2.36. The van der Waals surface area contributed by atoms with Crippen molar-refractivity contribution in [1.29, 1.82) is 0 Å². The van der Waals surface area contributed by atoms with E-state index in [1.807, 2.05) is 22.6 Å². The molecule has 2 aromatic carbocycles. The third-order valence-corrected chi connectivity index (χ3v) is 3.57. The number of benzene rings is 2. The van der Waals surface area contributed by atoms with Crippen molar-refractivity contribution in [3.8, 4) is 0 Å². The van der Waals surface area contributed by atoms with E-state index in [4.69, 9.17) is 0 Å². The van der Waals surface area contributed by atoms with Crippen LogP contribution in [-0.4, -0.2) is 11.7 Å². The van der Waals surface area contributed by atoms with Crippen molar-refractivity contribution in [3.63, 3.8) is 0 Å². The largest absolute Gasteiger partial charge is 0.386 e. The lowest BCUT2D eigenvalue weighted by atomic mass is 10.1. The number of hydrogen-bond acceptors (Lipinski definition) is 2. The predicted molar refractivity (Wildman–Crippen MR) is 79.0 cm³/mol. The molecule has 0 aliphatic heterocycles. The average molecular weight is 375 g/mol. The maximum atomic E-state index is 13.5. The molecular formula is C14H12F2INO. The van der Waals surface area contributed by atoms with Crippen LogP contribution in [0.4, 0.5) is 14.5 Å². The number of hydrogen-bond donors (Lipinski definition) is 2. The first-order chi connectivity index (χ1) is 9.08. The topological polar surface area (TPSA) is 32.3 Å². The summed E-state index contributed by atoms with van der Waals surface area (Å²) < 4.78 is 27.1. The Morgan fingerprint density at radius 2 is 1.89 bits per heavy atom. The Balaban J connectivity index is 2.04. The second-order valence-corrected chi connectivity index (χ2v) is 5.20. The Labute approximate surface area is 123 Å². The van der Waals surface area contributed by atoms with Crippen LogP contribution in [0.2, 0.25) is 0 Å². The van der Waals surface area contributed by atoms with Crippen LogP contribution in [0.5, 0.6) is 0 Å². The third kappa shape index (κ3) is 3.63. The molecule has 0 fully saturated rings. The van der Waals surface area contributed by atoms with E-state index in [2.05, 4.69) is 5.32 Å². The number of rotatable bonds is 4. The molecule has 2 rings (SSSR count). The van der Waals surface area contributed by atoms with Gasteiger partial charge >= 0.3 is 0 Å². The summed E-state index contributed by atoms with van der Waals surface area (Å²) in [5, 5.41) is 12.9. The number of aliphatic hydroxyl groups excluding tert-OH is 1. The highest BCUT2D eigenvalue weighted by Crippen LogP contribution is 2.21. The van der Waals surface area contributed by atoms with Crippen molar-refractivity contribution in [2.75, 3.05) is 11.9 Å². The minimum Gasteiger partial charge on any atom is -0.386 e. The van der Waals surface area contributed by atoms with Crippen LogP contribution in [0.15, 0.2) is 42.5 Å². The summed E-state index contributed by atoms with van der Waals surface area (Å²) in [4.78, 5) is 0. The zero-order chi connectivity index (χ0) is 13.8. The lowest BCUT2D eigenvalue weighted by Crippen LogP contribution is -2.14. The van der Waals surface area contributed by atoms with E-state index in [0.717, 1.165) is 0 Å². The first-order valence-electron chi connectivity index (χ1n) is 5.69. The molecule has 0 aromatic heterocycles. The molecule has 0 saturated heterocycles. The second-order valence-electron chi connectivity index (χ2n) is 4.04. The first kappa shape index (κ1) is 14.2. The molecule has 0 amide bonds. The minimum atomic E-state index is -0.956. The van der Waals surface area contributed by atoms with Gasteiger partial charge in [0.1, 0.15) is 11.6 Å². The molecule has 0 heterocycles. The molecule has 0 radical (unpaired) electrons. The van der Waals surface area contributed by atoms with E-state index in [1.165, 1.54) is 24.3 Å². The fraction of sp³-hybridized carbons (Fsp3) is 0.143. The molecule has 0 aliphatic rings. The lowest BCUT2D eigenvalue weighted by molar-refractivity contribution is 0.186. The van der Waals surface area contributed by atoms with Crippen molar-refractivity contribution < 1.29 is 13.9 Å². The van der Waals surface area contributed by atoms with Gasteiger partial charge in [-0.15, -0.1) is 0 Å². The molecule has 2 N–H and O–H groups in total. The van der Waals surface area contributed by atoms with Crippen LogP contribution in [0.3, 0.4) is 0 Å². The Morgan fingerprint density at radius 3 is 2.58 bits per heavy atom. The van der Waals surface area contributed by atoms with Gasteiger partial charge in [0.2, 0.25) is 0 Å². The molecule has 1 unspecified atom stereocenters. The number of aliphatic hydroxyl groups is 1. The molecular weight excluding hydrogens is 363 g/mol. The van der Waals surface area contributed by atoms with E-state index in [0.29, 0.717) is 9.26 Å². The van der Waals surface area contributed by atoms with Gasteiger partial charge in [-0.05, 0) is 46.9 Å². The fourth-order valence-electron chi connectivity index (χ4n) is 1.69. The van der Waals surface area contributed by atoms with Gasteiger partial charge in [-0.2, -0.15) is 0 Å². The van der Waals surface area contributed by atoms with Gasteiger partial charge < -0.3 is 10.4 Å². The maximum Gasteiger partial charge on any atom is 0.129 e. The summed E-state index contributed by atoms with van der Waals surface area (Å²) >= 11 is 2.00. The molecule has 0 bridgehead atoms. The standard InChI is InChI=1S/C14H12F2INO/c15-9-5-6-13(12(17)7-9)18-8-14(19)10-3-1-2-4-11(10)16/h1-7,14,18-19H,8H2. The van der Waals surface area contributed by atoms with Gasteiger partial charge in [-0.3, -0.25) is 0 Å². The normalized spacial score (nSPS) is 12.2. The van der Waals surface area contributed by atoms with Gasteiger partial charge in [0.15, 0.2) is 0 Å². The molecule has 0 spiro atoms. The highest BCUT2D eigenvalue weighted by atomic mass is 127. The second kappa shape index (κ2) is 6.29. The summed E-state index contributed by atoms with van der Waals surface area (Å²) in [6.45, 7) is 0.155. The highest BCUT2D eigenvalue weighted by Gasteiger charge is 2.12. The smallest absolute Gasteiger partial charge is 0.129 e. The zero-order valence-electron chi connectivity index (χ0n) is 9.91. The third-order valence-electron chi connectivity index (χ3n) is 2.68. The number of nitrogens with one attached hydrogen (secondary N) is 1. The molecule has 2 nitrogen and oxygen atoms in total. The van der Waals surface area contributed by atoms with Gasteiger partial charge in [-0.25, -0.2) is 8.78 Å². The SMILES string of the molecule is OC(CNc1ccc(F)cc1I)c1ccccc1F. The van der Waals surface area contributed by atoms with Crippen molar-refractivity contribution in [1.82, 2.24) is 0 Å². The Hall–Kier alpha value is -1.21. The van der Waals surface area contributed by atoms with Gasteiger partial charge in [0.05, 0.1) is 6.10 Å². The van der Waals surface area contributed by atoms with E-state index >= 15 is 0 Å². The summed E-state index contributed by atoms with van der Waals surface area (Å²) in [7, 11) is 0. The summed E-state index contributed by atoms with van der Waals surface area (Å²) in [6.07, 6.45) is -0.956. The number of halogens is 3. The first-order valence-corrected chi connectivity index (χ1v) is 6.77. The van der Waals surface area contributed by atoms with E-state index in [-0.39, 0.29) is 17.9 Å². The minimum absolute atomic E-state index is 0.155. The zero-order valence-corrected chi connectivity index (χ0v) is 12.1. The molecule has 2 aromatic rings. The molecule has 1 atom stereocenters. The summed E-state index contributed by atoms with van der Waals surface area (Å²) in [6, 6.07) is 10.4. The van der Waals surface area contributed by atoms with Crippen molar-refractivity contribution >= 4 is 28.3 Å². The molecule has 5 heteroatoms. The number of anilines is 1. The van der Waals surface area contributed by atoms with Gasteiger partial charge in [0.25, 0.3) is 0 Å². The molecule has 0 saturated carbocycles. The summed E-state index contributed by atoms with van der Waals surface area (Å²) in [5.74, 6) is -0.754. The van der Waals surface area contributed by atoms with Crippen LogP contribution < -0.4 is 5.32 Å². The van der Waals surface area contributed by atoms with E-state index in [1.54, 1.807) is 18.2 Å².